The van der Waals surface area contributed by atoms with E-state index < -0.39 is 0 Å². The first-order chi connectivity index (χ1) is 12.7. The van der Waals surface area contributed by atoms with E-state index in [0.717, 1.165) is 17.0 Å². The Balaban J connectivity index is 1.37. The largest absolute Gasteiger partial charge is 0.472 e. The third kappa shape index (κ3) is 3.08. The quantitative estimate of drug-likeness (QED) is 0.769. The van der Waals surface area contributed by atoms with Crippen molar-refractivity contribution < 1.29 is 13.9 Å². The fourth-order valence-electron chi connectivity index (χ4n) is 2.82. The number of furan rings is 1. The van der Waals surface area contributed by atoms with Crippen molar-refractivity contribution in [3.63, 3.8) is 0 Å². The molecule has 0 spiro atoms. The highest BCUT2D eigenvalue weighted by Gasteiger charge is 2.25. The van der Waals surface area contributed by atoms with Gasteiger partial charge in [0, 0.05) is 17.7 Å². The van der Waals surface area contributed by atoms with Crippen LogP contribution in [0.1, 0.15) is 21.6 Å². The van der Waals surface area contributed by atoms with Crippen molar-refractivity contribution in [2.45, 2.75) is 19.3 Å². The second-order valence-electron chi connectivity index (χ2n) is 5.91. The third-order valence-corrected chi connectivity index (χ3v) is 4.23. The van der Waals surface area contributed by atoms with E-state index in [-0.39, 0.29) is 12.0 Å². The van der Waals surface area contributed by atoms with Gasteiger partial charge < -0.3 is 14.5 Å². The van der Waals surface area contributed by atoms with E-state index >= 15 is 0 Å². The van der Waals surface area contributed by atoms with Crippen LogP contribution in [0.2, 0.25) is 0 Å². The number of amides is 1. The molecular weight excluding hydrogens is 334 g/mol. The molecule has 8 heteroatoms. The number of ether oxygens (including phenoxy) is 1. The predicted octanol–water partition coefficient (Wildman–Crippen LogP) is 1.74. The smallest absolute Gasteiger partial charge is 0.251 e. The van der Waals surface area contributed by atoms with Gasteiger partial charge in [0.2, 0.25) is 0 Å². The van der Waals surface area contributed by atoms with E-state index in [1.54, 1.807) is 41.5 Å². The zero-order valence-corrected chi connectivity index (χ0v) is 13.8. The molecule has 1 amide bonds. The van der Waals surface area contributed by atoms with Gasteiger partial charge in [-0.15, -0.1) is 5.10 Å². The minimum atomic E-state index is -0.207. The van der Waals surface area contributed by atoms with Crippen LogP contribution in [0.3, 0.4) is 0 Å². The lowest BCUT2D eigenvalue weighted by molar-refractivity contribution is 0.00177. The van der Waals surface area contributed by atoms with Gasteiger partial charge in [0.05, 0.1) is 49.1 Å². The highest BCUT2D eigenvalue weighted by molar-refractivity contribution is 5.94. The van der Waals surface area contributed by atoms with Crippen molar-refractivity contribution in [2.75, 3.05) is 6.54 Å². The van der Waals surface area contributed by atoms with E-state index in [2.05, 4.69) is 15.6 Å². The Morgan fingerprint density at radius 3 is 2.92 bits per heavy atom. The first kappa shape index (κ1) is 16.1. The molecule has 1 atom stereocenters. The molecule has 0 bridgehead atoms. The van der Waals surface area contributed by atoms with Gasteiger partial charge in [-0.3, -0.25) is 4.79 Å². The molecule has 0 saturated heterocycles. The van der Waals surface area contributed by atoms with Crippen molar-refractivity contribution in [3.05, 3.63) is 59.7 Å². The molecular formula is C18H15N5O3. The van der Waals surface area contributed by atoms with Gasteiger partial charge in [-0.2, -0.15) is 5.26 Å². The molecule has 130 valence electrons. The van der Waals surface area contributed by atoms with E-state index in [4.69, 9.17) is 14.4 Å². The number of carbonyl (C=O) groups excluding carboxylic acids is 1. The summed E-state index contributed by atoms with van der Waals surface area (Å²) in [5.41, 5.74) is 3.52. The summed E-state index contributed by atoms with van der Waals surface area (Å²) in [6.07, 6.45) is 3.02. The van der Waals surface area contributed by atoms with Crippen molar-refractivity contribution in [2.24, 2.45) is 0 Å². The van der Waals surface area contributed by atoms with Crippen LogP contribution in [0.5, 0.6) is 0 Å². The molecule has 2 aromatic heterocycles. The van der Waals surface area contributed by atoms with E-state index in [0.29, 0.717) is 30.8 Å². The number of benzene rings is 1. The summed E-state index contributed by atoms with van der Waals surface area (Å²) >= 11 is 0. The number of aromatic nitrogens is 3. The normalized spacial score (nSPS) is 15.9. The monoisotopic (exact) mass is 349 g/mol. The molecule has 4 rings (SSSR count). The molecule has 3 heterocycles. The van der Waals surface area contributed by atoms with Crippen LogP contribution in [0.25, 0.3) is 11.3 Å². The topological polar surface area (TPSA) is 106 Å². The predicted molar refractivity (Wildman–Crippen MR) is 89.8 cm³/mol. The van der Waals surface area contributed by atoms with Crippen LogP contribution in [-0.2, 0) is 17.9 Å². The number of hydrogen-bond acceptors (Lipinski definition) is 6. The molecule has 1 aliphatic rings. The van der Waals surface area contributed by atoms with Gasteiger partial charge in [0.15, 0.2) is 0 Å². The van der Waals surface area contributed by atoms with Crippen LogP contribution in [-0.4, -0.2) is 33.5 Å². The first-order valence-corrected chi connectivity index (χ1v) is 8.09. The van der Waals surface area contributed by atoms with E-state index in [9.17, 15) is 4.79 Å². The highest BCUT2D eigenvalue weighted by atomic mass is 16.5. The fraction of sp³-hybridized carbons (Fsp3) is 0.222. The minimum Gasteiger partial charge on any atom is -0.472 e. The van der Waals surface area contributed by atoms with Crippen LogP contribution in [0, 0.1) is 11.3 Å². The first-order valence-electron chi connectivity index (χ1n) is 8.09. The van der Waals surface area contributed by atoms with Gasteiger partial charge in [0.1, 0.15) is 5.69 Å². The number of hydrogen-bond donors (Lipinski definition) is 1. The summed E-state index contributed by atoms with van der Waals surface area (Å²) in [4.78, 5) is 12.2. The molecule has 26 heavy (non-hydrogen) atoms. The number of nitrogens with one attached hydrogen (secondary N) is 1. The summed E-state index contributed by atoms with van der Waals surface area (Å²) in [5.74, 6) is -0.207. The second kappa shape index (κ2) is 6.82. The second-order valence-corrected chi connectivity index (χ2v) is 5.91. The van der Waals surface area contributed by atoms with Crippen LogP contribution >= 0.6 is 0 Å². The van der Waals surface area contributed by atoms with E-state index in [1.165, 1.54) is 0 Å². The molecule has 1 aliphatic heterocycles. The van der Waals surface area contributed by atoms with Crippen LogP contribution in [0.4, 0.5) is 0 Å². The maximum Gasteiger partial charge on any atom is 0.251 e. The summed E-state index contributed by atoms with van der Waals surface area (Å²) in [6.45, 7) is 1.23. The maximum absolute atomic E-state index is 12.2. The highest BCUT2D eigenvalue weighted by Crippen LogP contribution is 2.25. The van der Waals surface area contributed by atoms with Gasteiger partial charge in [-0.1, -0.05) is 5.21 Å². The molecule has 0 radical (unpaired) electrons. The summed E-state index contributed by atoms with van der Waals surface area (Å²) in [5, 5.41) is 20.0. The molecule has 0 fully saturated rings. The average Bonchev–Trinajstić information content (AvgIpc) is 3.35. The summed E-state index contributed by atoms with van der Waals surface area (Å²) < 4.78 is 12.7. The lowest BCUT2D eigenvalue weighted by Gasteiger charge is -2.24. The SMILES string of the molecule is N#Cc1ccc(C(=O)NC[C@H]2Cn3nnc(-c4ccoc4)c3CO2)cc1. The Morgan fingerprint density at radius 2 is 2.19 bits per heavy atom. The van der Waals surface area contributed by atoms with Crippen molar-refractivity contribution in [1.82, 2.24) is 20.3 Å². The Bertz CT molecular complexity index is 954. The van der Waals surface area contributed by atoms with Gasteiger partial charge in [-0.25, -0.2) is 4.68 Å². The molecule has 0 aliphatic carbocycles. The minimum absolute atomic E-state index is 0.191. The average molecular weight is 349 g/mol. The molecule has 0 saturated carbocycles. The van der Waals surface area contributed by atoms with Gasteiger partial charge >= 0.3 is 0 Å². The zero-order chi connectivity index (χ0) is 17.9. The molecule has 3 aromatic rings. The Hall–Kier alpha value is -3.44. The molecule has 0 unspecified atom stereocenters. The molecule has 1 N–H and O–H groups in total. The lowest BCUT2D eigenvalue weighted by atomic mass is 10.1. The zero-order valence-electron chi connectivity index (χ0n) is 13.8. The number of nitrogens with zero attached hydrogens (tertiary/aromatic N) is 4. The Morgan fingerprint density at radius 1 is 1.35 bits per heavy atom. The van der Waals surface area contributed by atoms with Crippen LogP contribution in [0.15, 0.2) is 47.3 Å². The Labute approximate surface area is 149 Å². The summed E-state index contributed by atoms with van der Waals surface area (Å²) in [7, 11) is 0. The molecule has 8 nitrogen and oxygen atoms in total. The number of fused-ring (bicyclic) bond motifs is 1. The standard InChI is InChI=1S/C18H15N5O3/c19-7-12-1-3-13(4-2-12)18(24)20-8-15-9-23-16(11-26-15)17(21-22-23)14-5-6-25-10-14/h1-6,10,15H,8-9,11H2,(H,20,24)/t15-/m0/s1. The van der Waals surface area contributed by atoms with Crippen LogP contribution < -0.4 is 5.32 Å². The molecule has 1 aromatic carbocycles. The van der Waals surface area contributed by atoms with Crippen molar-refractivity contribution in [3.8, 4) is 17.3 Å². The fourth-order valence-corrected chi connectivity index (χ4v) is 2.82. The number of carbonyl (C=O) groups is 1. The Kier molecular flexibility index (Phi) is 4.21. The number of nitriles is 1. The van der Waals surface area contributed by atoms with E-state index in [1.807, 2.05) is 12.1 Å². The number of rotatable bonds is 4. The van der Waals surface area contributed by atoms with Crippen molar-refractivity contribution >= 4 is 5.91 Å². The lowest BCUT2D eigenvalue weighted by Crippen LogP contribution is -2.39. The van der Waals surface area contributed by atoms with Gasteiger partial charge in [0.25, 0.3) is 5.91 Å². The summed E-state index contributed by atoms with van der Waals surface area (Å²) in [6, 6.07) is 10.3. The van der Waals surface area contributed by atoms with Gasteiger partial charge in [-0.05, 0) is 30.3 Å². The third-order valence-electron chi connectivity index (χ3n) is 4.23. The maximum atomic E-state index is 12.2. The van der Waals surface area contributed by atoms with Crippen molar-refractivity contribution in [1.29, 1.82) is 5.26 Å².